The van der Waals surface area contributed by atoms with E-state index in [4.69, 9.17) is 15.3 Å². The molecule has 0 unspecified atom stereocenters. The number of amides is 1. The van der Waals surface area contributed by atoms with Crippen molar-refractivity contribution in [2.45, 2.75) is 33.2 Å². The van der Waals surface area contributed by atoms with E-state index in [1.807, 2.05) is 13.8 Å². The van der Waals surface area contributed by atoms with Crippen LogP contribution >= 0.6 is 0 Å². The third kappa shape index (κ3) is 5.44. The minimum atomic E-state index is -0.853. The second kappa shape index (κ2) is 7.69. The molecule has 0 aliphatic rings. The van der Waals surface area contributed by atoms with Gasteiger partial charge >= 0.3 is 5.97 Å². The molecule has 0 saturated heterocycles. The molecule has 0 radical (unpaired) electrons. The molecular formula is C14H22N2O4. The number of carbonyl (C=O) groups is 2. The second-order valence-corrected chi connectivity index (χ2v) is 5.27. The third-order valence-electron chi connectivity index (χ3n) is 2.91. The lowest BCUT2D eigenvalue weighted by molar-refractivity contribution is -0.138. The second-order valence-electron chi connectivity index (χ2n) is 5.27. The van der Waals surface area contributed by atoms with Crippen LogP contribution in [0.25, 0.3) is 0 Å². The maximum atomic E-state index is 11.9. The topological polar surface area (TPSA) is 106 Å². The number of hydrogen-bond donors (Lipinski definition) is 3. The van der Waals surface area contributed by atoms with Crippen LogP contribution in [0.2, 0.25) is 0 Å². The van der Waals surface area contributed by atoms with Gasteiger partial charge in [0.25, 0.3) is 5.91 Å². The van der Waals surface area contributed by atoms with E-state index in [-0.39, 0.29) is 30.6 Å². The summed E-state index contributed by atoms with van der Waals surface area (Å²) in [5.74, 6) is -0.162. The fourth-order valence-corrected chi connectivity index (χ4v) is 2.09. The smallest absolute Gasteiger partial charge is 0.303 e. The quantitative estimate of drug-likeness (QED) is 0.671. The Hall–Kier alpha value is -1.82. The molecule has 4 N–H and O–H groups in total. The van der Waals surface area contributed by atoms with Gasteiger partial charge in [-0.15, -0.1) is 0 Å². The first-order valence-corrected chi connectivity index (χ1v) is 6.71. The maximum Gasteiger partial charge on any atom is 0.303 e. The SMILES string of the molecule is CC(C)C[C@H](CNC(=O)c1ccc(CN)o1)CC(=O)O. The van der Waals surface area contributed by atoms with Crippen molar-refractivity contribution >= 4 is 11.9 Å². The molecule has 1 rings (SSSR count). The van der Waals surface area contributed by atoms with Gasteiger partial charge in [-0.3, -0.25) is 9.59 Å². The Morgan fingerprint density at radius 2 is 2.10 bits per heavy atom. The molecule has 1 amide bonds. The highest BCUT2D eigenvalue weighted by atomic mass is 16.4. The summed E-state index contributed by atoms with van der Waals surface area (Å²) in [5.41, 5.74) is 5.40. The molecule has 0 bridgehead atoms. The summed E-state index contributed by atoms with van der Waals surface area (Å²) in [4.78, 5) is 22.7. The van der Waals surface area contributed by atoms with Gasteiger partial charge in [-0.2, -0.15) is 0 Å². The number of rotatable bonds is 8. The van der Waals surface area contributed by atoms with E-state index < -0.39 is 5.97 Å². The minimum absolute atomic E-state index is 0.0463. The normalized spacial score (nSPS) is 12.4. The zero-order valence-electron chi connectivity index (χ0n) is 11.9. The van der Waals surface area contributed by atoms with E-state index in [2.05, 4.69) is 5.32 Å². The predicted octanol–water partition coefficient (Wildman–Crippen LogP) is 1.61. The zero-order chi connectivity index (χ0) is 15.1. The highest BCUT2D eigenvalue weighted by molar-refractivity contribution is 5.91. The van der Waals surface area contributed by atoms with Crippen molar-refractivity contribution in [3.63, 3.8) is 0 Å². The van der Waals surface area contributed by atoms with Crippen LogP contribution in [0.4, 0.5) is 0 Å². The summed E-state index contributed by atoms with van der Waals surface area (Å²) < 4.78 is 5.24. The molecular weight excluding hydrogens is 260 g/mol. The number of nitrogens with two attached hydrogens (primary N) is 1. The van der Waals surface area contributed by atoms with Gasteiger partial charge in [0.2, 0.25) is 0 Å². The standard InChI is InChI=1S/C14H22N2O4/c1-9(2)5-10(6-13(17)18)8-16-14(19)12-4-3-11(7-15)20-12/h3-4,9-10H,5-8,15H2,1-2H3,(H,16,19)(H,17,18)/t10-/m0/s1. The molecule has 0 spiro atoms. The molecule has 112 valence electrons. The summed E-state index contributed by atoms with van der Waals surface area (Å²) in [6.07, 6.45) is 0.795. The number of nitrogens with one attached hydrogen (secondary N) is 1. The monoisotopic (exact) mass is 282 g/mol. The fraction of sp³-hybridized carbons (Fsp3) is 0.571. The molecule has 1 aromatic rings. The molecule has 0 aliphatic heterocycles. The Morgan fingerprint density at radius 3 is 2.60 bits per heavy atom. The molecule has 1 heterocycles. The van der Waals surface area contributed by atoms with Crippen molar-refractivity contribution in [2.24, 2.45) is 17.6 Å². The van der Waals surface area contributed by atoms with Crippen LogP contribution in [0.1, 0.15) is 43.0 Å². The van der Waals surface area contributed by atoms with Gasteiger partial charge in [0.1, 0.15) is 5.76 Å². The molecule has 6 heteroatoms. The Morgan fingerprint density at radius 1 is 1.40 bits per heavy atom. The van der Waals surface area contributed by atoms with Crippen molar-refractivity contribution < 1.29 is 19.1 Å². The van der Waals surface area contributed by atoms with Crippen molar-refractivity contribution in [3.8, 4) is 0 Å². The van der Waals surface area contributed by atoms with E-state index >= 15 is 0 Å². The zero-order valence-corrected chi connectivity index (χ0v) is 11.9. The van der Waals surface area contributed by atoms with Crippen molar-refractivity contribution in [1.82, 2.24) is 5.32 Å². The lowest BCUT2D eigenvalue weighted by atomic mass is 9.94. The van der Waals surface area contributed by atoms with Gasteiger partial charge in [0.05, 0.1) is 6.54 Å². The molecule has 0 aromatic carbocycles. The summed E-state index contributed by atoms with van der Waals surface area (Å²) in [5, 5.41) is 11.6. The largest absolute Gasteiger partial charge is 0.481 e. The van der Waals surface area contributed by atoms with Gasteiger partial charge < -0.3 is 20.6 Å². The highest BCUT2D eigenvalue weighted by Gasteiger charge is 2.17. The molecule has 0 fully saturated rings. The van der Waals surface area contributed by atoms with Crippen molar-refractivity contribution in [2.75, 3.05) is 6.54 Å². The lowest BCUT2D eigenvalue weighted by Crippen LogP contribution is -2.30. The van der Waals surface area contributed by atoms with Crippen LogP contribution in [-0.2, 0) is 11.3 Å². The number of carboxylic acid groups (broad SMARTS) is 1. The van der Waals surface area contributed by atoms with E-state index in [0.29, 0.717) is 18.2 Å². The maximum absolute atomic E-state index is 11.9. The first-order chi connectivity index (χ1) is 9.42. The summed E-state index contributed by atoms with van der Waals surface area (Å²) in [6, 6.07) is 3.21. The minimum Gasteiger partial charge on any atom is -0.481 e. The van der Waals surface area contributed by atoms with Gasteiger partial charge in [-0.1, -0.05) is 13.8 Å². The first kappa shape index (κ1) is 16.2. The first-order valence-electron chi connectivity index (χ1n) is 6.71. The fourth-order valence-electron chi connectivity index (χ4n) is 2.09. The number of carbonyl (C=O) groups excluding carboxylic acids is 1. The Labute approximate surface area is 118 Å². The molecule has 0 saturated carbocycles. The van der Waals surface area contributed by atoms with Crippen LogP contribution in [0.5, 0.6) is 0 Å². The predicted molar refractivity (Wildman–Crippen MR) is 74.1 cm³/mol. The summed E-state index contributed by atoms with van der Waals surface area (Å²) in [6.45, 7) is 4.61. The van der Waals surface area contributed by atoms with E-state index in [1.165, 1.54) is 0 Å². The average Bonchev–Trinajstić information content (AvgIpc) is 2.83. The molecule has 1 aromatic heterocycles. The van der Waals surface area contributed by atoms with Crippen LogP contribution in [0.15, 0.2) is 16.5 Å². The van der Waals surface area contributed by atoms with Crippen LogP contribution in [0.3, 0.4) is 0 Å². The lowest BCUT2D eigenvalue weighted by Gasteiger charge is -2.17. The van der Waals surface area contributed by atoms with Gasteiger partial charge in [0.15, 0.2) is 5.76 Å². The van der Waals surface area contributed by atoms with Gasteiger partial charge in [-0.25, -0.2) is 0 Å². The Kier molecular flexibility index (Phi) is 6.24. The van der Waals surface area contributed by atoms with Crippen LogP contribution in [0, 0.1) is 11.8 Å². The van der Waals surface area contributed by atoms with Gasteiger partial charge in [0, 0.05) is 13.0 Å². The molecule has 0 aliphatic carbocycles. The number of furan rings is 1. The van der Waals surface area contributed by atoms with Crippen LogP contribution in [-0.4, -0.2) is 23.5 Å². The molecule has 20 heavy (non-hydrogen) atoms. The number of hydrogen-bond acceptors (Lipinski definition) is 4. The molecule has 6 nitrogen and oxygen atoms in total. The molecule has 1 atom stereocenters. The van der Waals surface area contributed by atoms with E-state index in [1.54, 1.807) is 12.1 Å². The Balaban J connectivity index is 2.52. The number of aliphatic carboxylic acids is 1. The Bertz CT molecular complexity index is 454. The summed E-state index contributed by atoms with van der Waals surface area (Å²) in [7, 11) is 0. The average molecular weight is 282 g/mol. The third-order valence-corrected chi connectivity index (χ3v) is 2.91. The summed E-state index contributed by atoms with van der Waals surface area (Å²) >= 11 is 0. The van der Waals surface area contributed by atoms with Crippen LogP contribution < -0.4 is 11.1 Å². The van der Waals surface area contributed by atoms with Crippen molar-refractivity contribution in [1.29, 1.82) is 0 Å². The van der Waals surface area contributed by atoms with E-state index in [0.717, 1.165) is 6.42 Å². The van der Waals surface area contributed by atoms with E-state index in [9.17, 15) is 9.59 Å². The number of carboxylic acids is 1. The van der Waals surface area contributed by atoms with Crippen molar-refractivity contribution in [3.05, 3.63) is 23.7 Å². The highest BCUT2D eigenvalue weighted by Crippen LogP contribution is 2.15. The van der Waals surface area contributed by atoms with Gasteiger partial charge in [-0.05, 0) is 30.4 Å².